The number of thiophene rings is 1. The maximum Gasteiger partial charge on any atom is 0.195 e. The van der Waals surface area contributed by atoms with Crippen molar-refractivity contribution in [2.24, 2.45) is 7.05 Å². The molecular weight excluding hydrogens is 304 g/mol. The molecule has 0 radical (unpaired) electrons. The van der Waals surface area contributed by atoms with Crippen LogP contribution < -0.4 is 0 Å². The van der Waals surface area contributed by atoms with Gasteiger partial charge in [0, 0.05) is 18.3 Å². The molecule has 3 aromatic rings. The first-order valence-electron chi connectivity index (χ1n) is 7.47. The normalized spacial score (nSPS) is 11.2. The van der Waals surface area contributed by atoms with Gasteiger partial charge in [0.15, 0.2) is 5.78 Å². The smallest absolute Gasteiger partial charge is 0.195 e. The van der Waals surface area contributed by atoms with Crippen molar-refractivity contribution in [1.29, 1.82) is 0 Å². The van der Waals surface area contributed by atoms with Crippen LogP contribution in [0.5, 0.6) is 0 Å². The summed E-state index contributed by atoms with van der Waals surface area (Å²) in [5.41, 5.74) is 3.13. The van der Waals surface area contributed by atoms with E-state index in [1.54, 1.807) is 22.1 Å². The lowest BCUT2D eigenvalue weighted by molar-refractivity contribution is 0.105. The number of carbonyl (C=O) groups is 1. The van der Waals surface area contributed by atoms with E-state index in [4.69, 9.17) is 0 Å². The minimum Gasteiger partial charge on any atom is -0.288 e. The summed E-state index contributed by atoms with van der Waals surface area (Å²) in [6.45, 7) is 1.94. The number of benzene rings is 1. The molecule has 4 heteroatoms. The zero-order chi connectivity index (χ0) is 16.2. The molecule has 0 atom stereocenters. The van der Waals surface area contributed by atoms with Crippen LogP contribution in [-0.2, 0) is 13.5 Å². The van der Waals surface area contributed by atoms with Gasteiger partial charge >= 0.3 is 0 Å². The first kappa shape index (κ1) is 15.4. The van der Waals surface area contributed by atoms with Crippen molar-refractivity contribution >= 4 is 23.2 Å². The molecule has 0 saturated carbocycles. The number of allylic oxidation sites excluding steroid dienone is 1. The average Bonchev–Trinajstić information content (AvgIpc) is 3.12. The Hall–Kier alpha value is -2.46. The standard InChI is InChI=1S/C19H18N2OS/c1-14-12-16(21(2)20-14)8-10-18(22)19-11-9-17(23-19)13-15-6-4-3-5-7-15/h3-12H,13H2,1-2H3/b10-8+. The SMILES string of the molecule is Cc1cc(/C=C/C(=O)c2ccc(Cc3ccccc3)s2)n(C)n1. The van der Waals surface area contributed by atoms with Crippen LogP contribution in [0.25, 0.3) is 6.08 Å². The summed E-state index contributed by atoms with van der Waals surface area (Å²) in [5.74, 6) is 0.0353. The Balaban J connectivity index is 1.70. The summed E-state index contributed by atoms with van der Waals surface area (Å²) in [6.07, 6.45) is 4.30. The lowest BCUT2D eigenvalue weighted by Crippen LogP contribution is -1.94. The highest BCUT2D eigenvalue weighted by Crippen LogP contribution is 2.21. The van der Waals surface area contributed by atoms with E-state index in [9.17, 15) is 4.79 Å². The van der Waals surface area contributed by atoms with E-state index in [0.717, 1.165) is 22.7 Å². The third-order valence-corrected chi connectivity index (χ3v) is 4.67. The molecule has 0 aliphatic carbocycles. The van der Waals surface area contributed by atoms with E-state index in [1.165, 1.54) is 10.4 Å². The van der Waals surface area contributed by atoms with Crippen LogP contribution in [0.15, 0.2) is 54.6 Å². The van der Waals surface area contributed by atoms with Crippen molar-refractivity contribution in [1.82, 2.24) is 9.78 Å². The highest BCUT2D eigenvalue weighted by molar-refractivity contribution is 7.14. The van der Waals surface area contributed by atoms with Crippen molar-refractivity contribution < 1.29 is 4.79 Å². The zero-order valence-electron chi connectivity index (χ0n) is 13.2. The molecule has 23 heavy (non-hydrogen) atoms. The van der Waals surface area contributed by atoms with Gasteiger partial charge in [0.1, 0.15) is 0 Å². The van der Waals surface area contributed by atoms with Gasteiger partial charge in [0.2, 0.25) is 0 Å². The molecule has 116 valence electrons. The average molecular weight is 322 g/mol. The van der Waals surface area contributed by atoms with Gasteiger partial charge in [0.05, 0.1) is 16.3 Å². The molecule has 0 unspecified atom stereocenters. The Bertz CT molecular complexity index is 843. The summed E-state index contributed by atoms with van der Waals surface area (Å²) in [7, 11) is 1.88. The van der Waals surface area contributed by atoms with Crippen LogP contribution in [0.4, 0.5) is 0 Å². The molecule has 3 rings (SSSR count). The Morgan fingerprint density at radius 3 is 2.70 bits per heavy atom. The summed E-state index contributed by atoms with van der Waals surface area (Å²) in [5, 5.41) is 4.27. The molecule has 0 spiro atoms. The van der Waals surface area contributed by atoms with Gasteiger partial charge in [-0.2, -0.15) is 5.10 Å². The van der Waals surface area contributed by atoms with Crippen LogP contribution in [0.3, 0.4) is 0 Å². The van der Waals surface area contributed by atoms with Crippen molar-refractivity contribution in [3.63, 3.8) is 0 Å². The predicted molar refractivity (Wildman–Crippen MR) is 94.9 cm³/mol. The van der Waals surface area contributed by atoms with Gasteiger partial charge in [-0.1, -0.05) is 30.3 Å². The number of nitrogens with zero attached hydrogens (tertiary/aromatic N) is 2. The third-order valence-electron chi connectivity index (χ3n) is 3.57. The molecule has 0 fully saturated rings. The number of hydrogen-bond donors (Lipinski definition) is 0. The van der Waals surface area contributed by atoms with Gasteiger partial charge in [-0.3, -0.25) is 9.48 Å². The Kier molecular flexibility index (Phi) is 4.53. The number of carbonyl (C=O) groups excluding carboxylic acids is 1. The van der Waals surface area contributed by atoms with Crippen LogP contribution in [0, 0.1) is 6.92 Å². The first-order chi connectivity index (χ1) is 11.1. The minimum absolute atomic E-state index is 0.0353. The largest absolute Gasteiger partial charge is 0.288 e. The van der Waals surface area contributed by atoms with E-state index in [0.29, 0.717) is 0 Å². The highest BCUT2D eigenvalue weighted by atomic mass is 32.1. The molecule has 1 aromatic carbocycles. The second-order valence-corrected chi connectivity index (χ2v) is 6.63. The molecular formula is C19H18N2OS. The Morgan fingerprint density at radius 2 is 2.00 bits per heavy atom. The molecule has 3 nitrogen and oxygen atoms in total. The number of rotatable bonds is 5. The molecule has 0 saturated heterocycles. The lowest BCUT2D eigenvalue weighted by Gasteiger charge is -1.97. The van der Waals surface area contributed by atoms with Crippen molar-refractivity contribution in [3.8, 4) is 0 Å². The second-order valence-electron chi connectivity index (χ2n) is 5.46. The molecule has 2 heterocycles. The van der Waals surface area contributed by atoms with Gasteiger partial charge in [0.25, 0.3) is 0 Å². The summed E-state index contributed by atoms with van der Waals surface area (Å²) >= 11 is 1.56. The fourth-order valence-electron chi connectivity index (χ4n) is 2.43. The predicted octanol–water partition coefficient (Wildman–Crippen LogP) is 4.28. The molecule has 0 aliphatic heterocycles. The van der Waals surface area contributed by atoms with Crippen LogP contribution in [0.2, 0.25) is 0 Å². The van der Waals surface area contributed by atoms with Crippen molar-refractivity contribution in [2.45, 2.75) is 13.3 Å². The fourth-order valence-corrected chi connectivity index (χ4v) is 3.39. The van der Waals surface area contributed by atoms with E-state index in [2.05, 4.69) is 17.2 Å². The van der Waals surface area contributed by atoms with Gasteiger partial charge in [-0.25, -0.2) is 0 Å². The van der Waals surface area contributed by atoms with E-state index >= 15 is 0 Å². The van der Waals surface area contributed by atoms with Gasteiger partial charge in [-0.05, 0) is 42.8 Å². The monoisotopic (exact) mass is 322 g/mol. The van der Waals surface area contributed by atoms with Crippen LogP contribution >= 0.6 is 11.3 Å². The van der Waals surface area contributed by atoms with E-state index in [1.807, 2.05) is 56.4 Å². The zero-order valence-corrected chi connectivity index (χ0v) is 14.0. The first-order valence-corrected chi connectivity index (χ1v) is 8.29. The van der Waals surface area contributed by atoms with Gasteiger partial charge in [-0.15, -0.1) is 11.3 Å². The quantitative estimate of drug-likeness (QED) is 0.519. The summed E-state index contributed by atoms with van der Waals surface area (Å²) < 4.78 is 1.77. The van der Waals surface area contributed by atoms with Gasteiger partial charge < -0.3 is 0 Å². The summed E-state index contributed by atoms with van der Waals surface area (Å²) in [4.78, 5) is 14.3. The lowest BCUT2D eigenvalue weighted by atomic mass is 10.1. The maximum absolute atomic E-state index is 12.3. The fraction of sp³-hybridized carbons (Fsp3) is 0.158. The van der Waals surface area contributed by atoms with Crippen LogP contribution in [-0.4, -0.2) is 15.6 Å². The third kappa shape index (κ3) is 3.85. The highest BCUT2D eigenvalue weighted by Gasteiger charge is 2.07. The van der Waals surface area contributed by atoms with Crippen LogP contribution in [0.1, 0.15) is 31.5 Å². The number of hydrogen-bond acceptors (Lipinski definition) is 3. The Morgan fingerprint density at radius 1 is 1.22 bits per heavy atom. The molecule has 0 aliphatic rings. The number of aryl methyl sites for hydroxylation is 2. The van der Waals surface area contributed by atoms with Crippen molar-refractivity contribution in [2.75, 3.05) is 0 Å². The molecule has 0 amide bonds. The number of aromatic nitrogens is 2. The van der Waals surface area contributed by atoms with E-state index < -0.39 is 0 Å². The second kappa shape index (κ2) is 6.75. The van der Waals surface area contributed by atoms with Crippen molar-refractivity contribution in [3.05, 3.63) is 81.3 Å². The molecule has 0 bridgehead atoms. The topological polar surface area (TPSA) is 34.9 Å². The Labute approximate surface area is 139 Å². The number of ketones is 1. The summed E-state index contributed by atoms with van der Waals surface area (Å²) in [6, 6.07) is 16.2. The van der Waals surface area contributed by atoms with E-state index in [-0.39, 0.29) is 5.78 Å². The maximum atomic E-state index is 12.3. The molecule has 0 N–H and O–H groups in total. The molecule has 2 aromatic heterocycles. The minimum atomic E-state index is 0.0353.